The van der Waals surface area contributed by atoms with Crippen molar-refractivity contribution in [2.45, 2.75) is 53.9 Å². The number of nitrogens with one attached hydrogen (secondary N) is 1. The Morgan fingerprint density at radius 3 is 2.21 bits per heavy atom. The predicted octanol–water partition coefficient (Wildman–Crippen LogP) is 2.85. The number of aryl methyl sites for hydroxylation is 1. The average Bonchev–Trinajstić information content (AvgIpc) is 3.12. The molecule has 0 unspecified atom stereocenters. The fourth-order valence-electron chi connectivity index (χ4n) is 5.23. The number of amides is 2. The summed E-state index contributed by atoms with van der Waals surface area (Å²) in [5.74, 6) is 0.0347. The summed E-state index contributed by atoms with van der Waals surface area (Å²) in [6.45, 7) is 15.8. The van der Waals surface area contributed by atoms with Crippen LogP contribution in [0.4, 0.5) is 0 Å². The van der Waals surface area contributed by atoms with E-state index in [1.54, 1.807) is 20.8 Å². The van der Waals surface area contributed by atoms with Crippen molar-refractivity contribution in [3.05, 3.63) is 22.5 Å². The predicted molar refractivity (Wildman–Crippen MR) is 127 cm³/mol. The minimum atomic E-state index is -0.399. The van der Waals surface area contributed by atoms with Gasteiger partial charge in [0, 0.05) is 50.9 Å². The fourth-order valence-corrected chi connectivity index (χ4v) is 5.23. The van der Waals surface area contributed by atoms with Gasteiger partial charge in [0.15, 0.2) is 0 Å². The van der Waals surface area contributed by atoms with Crippen molar-refractivity contribution < 1.29 is 19.1 Å². The van der Waals surface area contributed by atoms with Crippen LogP contribution >= 0.6 is 0 Å². The molecule has 0 radical (unpaired) electrons. The number of carbonyl (C=O) groups is 3. The van der Waals surface area contributed by atoms with E-state index in [-0.39, 0.29) is 23.7 Å². The number of piperidine rings is 1. The molecule has 33 heavy (non-hydrogen) atoms. The number of H-pyrrole nitrogens is 1. The fraction of sp³-hybridized carbons (Fsp3) is 0.720. The SMILES string of the molecule is CCCN1CCN(C(=O)[C@@H](C)C2CCN(C(=O)c3[nH]c(C)c(C(=O)OCC)c3C)CC2)CC1. The third-order valence-corrected chi connectivity index (χ3v) is 7.28. The van der Waals surface area contributed by atoms with Gasteiger partial charge in [0.2, 0.25) is 5.91 Å². The van der Waals surface area contributed by atoms with Crippen LogP contribution in [0.25, 0.3) is 0 Å². The molecule has 0 aromatic carbocycles. The molecule has 0 bridgehead atoms. The smallest absolute Gasteiger partial charge is 0.340 e. The van der Waals surface area contributed by atoms with Gasteiger partial charge in [0.25, 0.3) is 5.91 Å². The Morgan fingerprint density at radius 1 is 1.00 bits per heavy atom. The summed E-state index contributed by atoms with van der Waals surface area (Å²) in [5.41, 5.74) is 2.21. The molecule has 2 saturated heterocycles. The summed E-state index contributed by atoms with van der Waals surface area (Å²) >= 11 is 0. The lowest BCUT2D eigenvalue weighted by Gasteiger charge is -2.39. The second-order valence-electron chi connectivity index (χ2n) is 9.43. The molecular weight excluding hydrogens is 420 g/mol. The van der Waals surface area contributed by atoms with Gasteiger partial charge in [-0.25, -0.2) is 4.79 Å². The molecular formula is C25H40N4O4. The van der Waals surface area contributed by atoms with Crippen LogP contribution in [0.3, 0.4) is 0 Å². The zero-order valence-electron chi connectivity index (χ0n) is 20.9. The summed E-state index contributed by atoms with van der Waals surface area (Å²) in [7, 11) is 0. The summed E-state index contributed by atoms with van der Waals surface area (Å²) in [6.07, 6.45) is 2.78. The molecule has 8 heteroatoms. The second-order valence-corrected chi connectivity index (χ2v) is 9.43. The van der Waals surface area contributed by atoms with Gasteiger partial charge in [0.05, 0.1) is 12.2 Å². The molecule has 1 N–H and O–H groups in total. The van der Waals surface area contributed by atoms with Gasteiger partial charge in [-0.3, -0.25) is 14.5 Å². The van der Waals surface area contributed by atoms with Crippen LogP contribution in [0.1, 0.15) is 72.1 Å². The number of esters is 1. The van der Waals surface area contributed by atoms with Crippen LogP contribution in [0, 0.1) is 25.7 Å². The molecule has 0 spiro atoms. The van der Waals surface area contributed by atoms with Gasteiger partial charge in [-0.1, -0.05) is 13.8 Å². The van der Waals surface area contributed by atoms with E-state index in [0.29, 0.717) is 42.2 Å². The number of aromatic amines is 1. The number of hydrogen-bond acceptors (Lipinski definition) is 5. The van der Waals surface area contributed by atoms with Crippen LogP contribution in [0.2, 0.25) is 0 Å². The first-order valence-electron chi connectivity index (χ1n) is 12.4. The van der Waals surface area contributed by atoms with E-state index in [9.17, 15) is 14.4 Å². The van der Waals surface area contributed by atoms with Gasteiger partial charge in [0.1, 0.15) is 5.69 Å². The van der Waals surface area contributed by atoms with E-state index in [4.69, 9.17) is 4.74 Å². The van der Waals surface area contributed by atoms with E-state index in [0.717, 1.165) is 52.0 Å². The molecule has 0 aliphatic carbocycles. The number of hydrogen-bond donors (Lipinski definition) is 1. The maximum atomic E-state index is 13.2. The Labute approximate surface area is 197 Å². The molecule has 2 aliphatic heterocycles. The normalized spacial score (nSPS) is 18.9. The van der Waals surface area contributed by atoms with Crippen LogP contribution in [0.5, 0.6) is 0 Å². The van der Waals surface area contributed by atoms with E-state index < -0.39 is 5.97 Å². The van der Waals surface area contributed by atoms with E-state index in [2.05, 4.69) is 16.8 Å². The zero-order valence-corrected chi connectivity index (χ0v) is 20.9. The first-order valence-corrected chi connectivity index (χ1v) is 12.4. The van der Waals surface area contributed by atoms with Gasteiger partial charge in [-0.15, -0.1) is 0 Å². The maximum Gasteiger partial charge on any atom is 0.340 e. The van der Waals surface area contributed by atoms with Crippen molar-refractivity contribution in [1.29, 1.82) is 0 Å². The van der Waals surface area contributed by atoms with Crippen LogP contribution < -0.4 is 0 Å². The molecule has 0 saturated carbocycles. The molecule has 8 nitrogen and oxygen atoms in total. The lowest BCUT2D eigenvalue weighted by Crippen LogP contribution is -2.51. The van der Waals surface area contributed by atoms with Crippen molar-refractivity contribution >= 4 is 17.8 Å². The number of carbonyl (C=O) groups excluding carboxylic acids is 3. The highest BCUT2D eigenvalue weighted by atomic mass is 16.5. The number of rotatable bonds is 7. The Hall–Kier alpha value is -2.35. The summed E-state index contributed by atoms with van der Waals surface area (Å²) in [5, 5.41) is 0. The van der Waals surface area contributed by atoms with Crippen LogP contribution in [-0.4, -0.2) is 89.9 Å². The van der Waals surface area contributed by atoms with Crippen molar-refractivity contribution in [2.75, 3.05) is 52.4 Å². The lowest BCUT2D eigenvalue weighted by atomic mass is 9.84. The van der Waals surface area contributed by atoms with E-state index >= 15 is 0 Å². The monoisotopic (exact) mass is 460 g/mol. The largest absolute Gasteiger partial charge is 0.462 e. The minimum Gasteiger partial charge on any atom is -0.462 e. The zero-order chi connectivity index (χ0) is 24.1. The molecule has 2 amide bonds. The summed E-state index contributed by atoms with van der Waals surface area (Å²) in [6, 6.07) is 0. The van der Waals surface area contributed by atoms with Crippen molar-refractivity contribution in [2.24, 2.45) is 11.8 Å². The van der Waals surface area contributed by atoms with Crippen molar-refractivity contribution in [3.63, 3.8) is 0 Å². The molecule has 3 rings (SSSR count). The van der Waals surface area contributed by atoms with Crippen molar-refractivity contribution in [1.82, 2.24) is 19.7 Å². The van der Waals surface area contributed by atoms with E-state index in [1.165, 1.54) is 0 Å². The van der Waals surface area contributed by atoms with Gasteiger partial charge in [-0.2, -0.15) is 0 Å². The number of likely N-dealkylation sites (tertiary alicyclic amines) is 1. The molecule has 1 atom stereocenters. The van der Waals surface area contributed by atoms with Crippen LogP contribution in [-0.2, 0) is 9.53 Å². The van der Waals surface area contributed by atoms with E-state index in [1.807, 2.05) is 16.7 Å². The molecule has 3 heterocycles. The molecule has 2 fully saturated rings. The summed E-state index contributed by atoms with van der Waals surface area (Å²) < 4.78 is 5.14. The Morgan fingerprint density at radius 2 is 1.64 bits per heavy atom. The molecule has 1 aromatic heterocycles. The Bertz CT molecular complexity index is 849. The topological polar surface area (TPSA) is 86.0 Å². The number of ether oxygens (including phenoxy) is 1. The minimum absolute atomic E-state index is 0.0233. The number of aromatic nitrogens is 1. The Kier molecular flexibility index (Phi) is 8.57. The standard InChI is InChI=1S/C25H40N4O4/c1-6-10-27-13-15-29(16-14-27)23(30)17(3)20-8-11-28(12-9-20)24(31)22-18(4)21(19(5)26-22)25(32)33-7-2/h17,20,26H,6-16H2,1-5H3/t17-/m0/s1. The van der Waals surface area contributed by atoms with Gasteiger partial charge < -0.3 is 19.5 Å². The number of piperazine rings is 1. The highest BCUT2D eigenvalue weighted by Gasteiger charge is 2.34. The first-order chi connectivity index (χ1) is 15.8. The maximum absolute atomic E-state index is 13.2. The second kappa shape index (κ2) is 11.2. The Balaban J connectivity index is 1.55. The molecule has 2 aliphatic rings. The average molecular weight is 461 g/mol. The van der Waals surface area contributed by atoms with Crippen LogP contribution in [0.15, 0.2) is 0 Å². The molecule has 184 valence electrons. The van der Waals surface area contributed by atoms with Gasteiger partial charge >= 0.3 is 5.97 Å². The lowest BCUT2D eigenvalue weighted by molar-refractivity contribution is -0.139. The van der Waals surface area contributed by atoms with Gasteiger partial charge in [-0.05, 0) is 58.1 Å². The highest BCUT2D eigenvalue weighted by Crippen LogP contribution is 2.29. The highest BCUT2D eigenvalue weighted by molar-refractivity contribution is 6.00. The number of nitrogens with zero attached hydrogens (tertiary/aromatic N) is 3. The third-order valence-electron chi connectivity index (χ3n) is 7.28. The first kappa shape index (κ1) is 25.3. The quantitative estimate of drug-likeness (QED) is 0.633. The summed E-state index contributed by atoms with van der Waals surface area (Å²) in [4.78, 5) is 47.9. The molecule has 1 aromatic rings. The van der Waals surface area contributed by atoms with Crippen molar-refractivity contribution in [3.8, 4) is 0 Å². The third kappa shape index (κ3) is 5.60.